The van der Waals surface area contributed by atoms with E-state index >= 15 is 0 Å². The molecule has 0 aromatic carbocycles. The molecule has 5 heteroatoms. The topological polar surface area (TPSA) is 57.8 Å². The molecule has 0 spiro atoms. The number of rotatable bonds is 4. The van der Waals surface area contributed by atoms with E-state index in [0.717, 1.165) is 6.42 Å². The van der Waals surface area contributed by atoms with Crippen LogP contribution in [0.1, 0.15) is 15.4 Å². The molecule has 1 amide bonds. The fraction of sp³-hybridized carbons (Fsp3) is 0.200. The summed E-state index contributed by atoms with van der Waals surface area (Å²) in [5.74, 6) is -0.107. The van der Waals surface area contributed by atoms with E-state index in [2.05, 4.69) is 21.6 Å². The van der Waals surface area contributed by atoms with Crippen molar-refractivity contribution in [2.24, 2.45) is 0 Å². The van der Waals surface area contributed by atoms with Crippen molar-refractivity contribution in [3.8, 4) is 0 Å². The van der Waals surface area contributed by atoms with Gasteiger partial charge in [0.15, 0.2) is 0 Å². The molecule has 0 saturated carbocycles. The van der Waals surface area contributed by atoms with Crippen LogP contribution in [0, 0.1) is 0 Å². The Morgan fingerprint density at radius 1 is 1.53 bits per heavy atom. The van der Waals surface area contributed by atoms with Gasteiger partial charge in [0.05, 0.1) is 0 Å². The lowest BCUT2D eigenvalue weighted by Crippen LogP contribution is -2.25. The smallest absolute Gasteiger partial charge is 0.269 e. The first-order valence-electron chi connectivity index (χ1n) is 4.66. The SMILES string of the molecule is O=C(NCCc1cccs1)c1ccn[nH]1. The molecule has 2 heterocycles. The molecule has 0 saturated heterocycles. The molecule has 0 unspecified atom stereocenters. The number of H-pyrrole nitrogens is 1. The van der Waals surface area contributed by atoms with Crippen molar-refractivity contribution < 1.29 is 4.79 Å². The highest BCUT2D eigenvalue weighted by Gasteiger charge is 2.05. The Hall–Kier alpha value is -1.62. The number of aromatic nitrogens is 2. The second-order valence-corrected chi connectivity index (χ2v) is 4.09. The number of hydrogen-bond acceptors (Lipinski definition) is 3. The molecule has 0 radical (unpaired) electrons. The summed E-state index contributed by atoms with van der Waals surface area (Å²) in [5.41, 5.74) is 0.501. The largest absolute Gasteiger partial charge is 0.350 e. The third kappa shape index (κ3) is 2.66. The Morgan fingerprint density at radius 2 is 2.47 bits per heavy atom. The Labute approximate surface area is 91.3 Å². The Bertz CT molecular complexity index is 408. The minimum Gasteiger partial charge on any atom is -0.350 e. The number of aromatic amines is 1. The Morgan fingerprint density at radius 3 is 3.13 bits per heavy atom. The summed E-state index contributed by atoms with van der Waals surface area (Å²) in [4.78, 5) is 12.7. The number of thiophene rings is 1. The Kier molecular flexibility index (Phi) is 3.14. The first-order chi connectivity index (χ1) is 7.36. The van der Waals surface area contributed by atoms with Crippen LogP contribution >= 0.6 is 11.3 Å². The maximum atomic E-state index is 11.5. The van der Waals surface area contributed by atoms with Crippen LogP contribution in [-0.2, 0) is 6.42 Å². The molecule has 0 aliphatic rings. The van der Waals surface area contributed by atoms with E-state index in [1.807, 2.05) is 11.4 Å². The van der Waals surface area contributed by atoms with Crippen LogP contribution in [0.3, 0.4) is 0 Å². The lowest BCUT2D eigenvalue weighted by atomic mass is 10.3. The summed E-state index contributed by atoms with van der Waals surface area (Å²) in [7, 11) is 0. The minimum atomic E-state index is -0.107. The molecule has 0 atom stereocenters. The number of nitrogens with one attached hydrogen (secondary N) is 2. The van der Waals surface area contributed by atoms with E-state index in [1.165, 1.54) is 4.88 Å². The molecule has 4 nitrogen and oxygen atoms in total. The predicted molar refractivity (Wildman–Crippen MR) is 58.9 cm³/mol. The highest BCUT2D eigenvalue weighted by molar-refractivity contribution is 7.09. The van der Waals surface area contributed by atoms with E-state index in [0.29, 0.717) is 12.2 Å². The average Bonchev–Trinajstić information content (AvgIpc) is 2.90. The van der Waals surface area contributed by atoms with Gasteiger partial charge in [-0.1, -0.05) is 6.07 Å². The molecular formula is C10H11N3OS. The minimum absolute atomic E-state index is 0.107. The summed E-state index contributed by atoms with van der Waals surface area (Å²) in [6.07, 6.45) is 2.44. The van der Waals surface area contributed by atoms with Crippen LogP contribution in [0.15, 0.2) is 29.8 Å². The Balaban J connectivity index is 1.77. The van der Waals surface area contributed by atoms with Gasteiger partial charge in [-0.3, -0.25) is 9.89 Å². The van der Waals surface area contributed by atoms with Crippen LogP contribution in [0.25, 0.3) is 0 Å². The molecule has 2 aromatic heterocycles. The molecule has 0 bridgehead atoms. The summed E-state index contributed by atoms with van der Waals surface area (Å²) >= 11 is 1.70. The molecule has 15 heavy (non-hydrogen) atoms. The van der Waals surface area contributed by atoms with E-state index in [9.17, 15) is 4.79 Å². The summed E-state index contributed by atoms with van der Waals surface area (Å²) in [6, 6.07) is 5.73. The van der Waals surface area contributed by atoms with Crippen LogP contribution < -0.4 is 5.32 Å². The van der Waals surface area contributed by atoms with E-state index < -0.39 is 0 Å². The normalized spacial score (nSPS) is 10.1. The van der Waals surface area contributed by atoms with Crippen molar-refractivity contribution in [3.63, 3.8) is 0 Å². The van der Waals surface area contributed by atoms with Gasteiger partial charge in [0, 0.05) is 17.6 Å². The van der Waals surface area contributed by atoms with E-state index in [4.69, 9.17) is 0 Å². The average molecular weight is 221 g/mol. The van der Waals surface area contributed by atoms with Crippen molar-refractivity contribution in [2.45, 2.75) is 6.42 Å². The fourth-order valence-electron chi connectivity index (χ4n) is 1.23. The summed E-state index contributed by atoms with van der Waals surface area (Å²) in [6.45, 7) is 0.651. The van der Waals surface area contributed by atoms with Crippen molar-refractivity contribution in [1.29, 1.82) is 0 Å². The maximum Gasteiger partial charge on any atom is 0.269 e. The summed E-state index contributed by atoms with van der Waals surface area (Å²) < 4.78 is 0. The number of amides is 1. The van der Waals surface area contributed by atoms with Gasteiger partial charge in [-0.05, 0) is 23.9 Å². The second kappa shape index (κ2) is 4.75. The number of hydrogen-bond donors (Lipinski definition) is 2. The maximum absolute atomic E-state index is 11.5. The molecule has 2 N–H and O–H groups in total. The summed E-state index contributed by atoms with van der Waals surface area (Å²) in [5, 5.41) is 11.2. The van der Waals surface area contributed by atoms with Gasteiger partial charge in [0.1, 0.15) is 5.69 Å². The lowest BCUT2D eigenvalue weighted by molar-refractivity contribution is 0.0949. The van der Waals surface area contributed by atoms with Crippen molar-refractivity contribution in [3.05, 3.63) is 40.3 Å². The van der Waals surface area contributed by atoms with Crippen molar-refractivity contribution in [1.82, 2.24) is 15.5 Å². The van der Waals surface area contributed by atoms with Crippen LogP contribution in [-0.4, -0.2) is 22.6 Å². The monoisotopic (exact) mass is 221 g/mol. The zero-order valence-corrected chi connectivity index (χ0v) is 8.88. The van der Waals surface area contributed by atoms with E-state index in [-0.39, 0.29) is 5.91 Å². The van der Waals surface area contributed by atoms with Crippen molar-refractivity contribution in [2.75, 3.05) is 6.54 Å². The first kappa shape index (κ1) is 9.92. The molecular weight excluding hydrogens is 210 g/mol. The third-order valence-corrected chi connectivity index (χ3v) is 2.92. The van der Waals surface area contributed by atoms with Crippen LogP contribution in [0.2, 0.25) is 0 Å². The zero-order chi connectivity index (χ0) is 10.5. The molecule has 78 valence electrons. The highest BCUT2D eigenvalue weighted by Crippen LogP contribution is 2.08. The third-order valence-electron chi connectivity index (χ3n) is 1.98. The molecule has 2 aromatic rings. The first-order valence-corrected chi connectivity index (χ1v) is 5.54. The molecule has 0 aliphatic heterocycles. The van der Waals surface area contributed by atoms with Gasteiger partial charge in [-0.25, -0.2) is 0 Å². The van der Waals surface area contributed by atoms with Crippen LogP contribution in [0.5, 0.6) is 0 Å². The van der Waals surface area contributed by atoms with Gasteiger partial charge >= 0.3 is 0 Å². The quantitative estimate of drug-likeness (QED) is 0.820. The molecule has 0 aliphatic carbocycles. The van der Waals surface area contributed by atoms with Gasteiger partial charge in [-0.15, -0.1) is 11.3 Å². The molecule has 0 fully saturated rings. The van der Waals surface area contributed by atoms with Crippen LogP contribution in [0.4, 0.5) is 0 Å². The highest BCUT2D eigenvalue weighted by atomic mass is 32.1. The van der Waals surface area contributed by atoms with E-state index in [1.54, 1.807) is 23.6 Å². The van der Waals surface area contributed by atoms with Gasteiger partial charge < -0.3 is 5.32 Å². The number of carbonyl (C=O) groups is 1. The standard InChI is InChI=1S/C10H11N3OS/c14-10(9-4-6-12-13-9)11-5-3-8-2-1-7-15-8/h1-2,4,6-7H,3,5H2,(H,11,14)(H,12,13). The van der Waals surface area contributed by atoms with Gasteiger partial charge in [0.2, 0.25) is 0 Å². The van der Waals surface area contributed by atoms with Crippen molar-refractivity contribution >= 4 is 17.2 Å². The zero-order valence-electron chi connectivity index (χ0n) is 8.06. The molecule has 2 rings (SSSR count). The predicted octanol–water partition coefficient (Wildman–Crippen LogP) is 1.44. The number of nitrogens with zero attached hydrogens (tertiary/aromatic N) is 1. The lowest BCUT2D eigenvalue weighted by Gasteiger charge is -2.01. The fourth-order valence-corrected chi connectivity index (χ4v) is 1.94. The van der Waals surface area contributed by atoms with Gasteiger partial charge in [0.25, 0.3) is 5.91 Å². The van der Waals surface area contributed by atoms with Gasteiger partial charge in [-0.2, -0.15) is 5.10 Å². The second-order valence-electron chi connectivity index (χ2n) is 3.06. The number of carbonyl (C=O) groups excluding carboxylic acids is 1.